The van der Waals surface area contributed by atoms with Crippen molar-refractivity contribution >= 4 is 17.3 Å². The molecule has 1 unspecified atom stereocenters. The third kappa shape index (κ3) is 2.41. The number of carbonyl (C=O) groups excluding carboxylic acids is 1. The van der Waals surface area contributed by atoms with E-state index in [4.69, 9.17) is 16.2 Å². The smallest absolute Gasteiger partial charge is 0.256 e. The van der Waals surface area contributed by atoms with Gasteiger partial charge in [0, 0.05) is 17.9 Å². The molecule has 2 rings (SSSR count). The largest absolute Gasteiger partial charge is 0.399 e. The van der Waals surface area contributed by atoms with E-state index < -0.39 is 0 Å². The Morgan fingerprint density at radius 2 is 2.28 bits per heavy atom. The molecule has 98 valence electrons. The van der Waals surface area contributed by atoms with Gasteiger partial charge in [0.15, 0.2) is 0 Å². The predicted molar refractivity (Wildman–Crippen MR) is 71.2 cm³/mol. The number of nitrogens with two attached hydrogens (primary N) is 2. The number of morpholine rings is 1. The molecule has 1 saturated heterocycles. The Bertz CT molecular complexity index is 448. The molecule has 0 radical (unpaired) electrons. The molecular formula is C13H19N3O2. The molecule has 1 aliphatic rings. The molecule has 0 aromatic heterocycles. The highest BCUT2D eigenvalue weighted by Crippen LogP contribution is 2.20. The first kappa shape index (κ1) is 12.7. The molecule has 0 aliphatic carbocycles. The van der Waals surface area contributed by atoms with E-state index in [1.165, 1.54) is 0 Å². The Labute approximate surface area is 107 Å². The monoisotopic (exact) mass is 249 g/mol. The number of carbonyl (C=O) groups is 1. The molecule has 1 aromatic carbocycles. The maximum atomic E-state index is 12.5. The quantitative estimate of drug-likeness (QED) is 0.769. The molecule has 4 N–H and O–H groups in total. The molecule has 1 heterocycles. The average molecular weight is 249 g/mol. The van der Waals surface area contributed by atoms with Gasteiger partial charge >= 0.3 is 0 Å². The molecule has 1 atom stereocenters. The normalized spacial score (nSPS) is 19.8. The summed E-state index contributed by atoms with van der Waals surface area (Å²) in [7, 11) is 0. The van der Waals surface area contributed by atoms with Gasteiger partial charge in [0.25, 0.3) is 5.91 Å². The lowest BCUT2D eigenvalue weighted by atomic mass is 10.1. The predicted octanol–water partition coefficient (Wildman–Crippen LogP) is 1.10. The zero-order valence-electron chi connectivity index (χ0n) is 10.6. The second-order valence-electron chi connectivity index (χ2n) is 4.48. The summed E-state index contributed by atoms with van der Waals surface area (Å²) in [6, 6.07) is 5.14. The van der Waals surface area contributed by atoms with Crippen LogP contribution in [0.2, 0.25) is 0 Å². The number of rotatable bonds is 2. The Hall–Kier alpha value is -1.75. The summed E-state index contributed by atoms with van der Waals surface area (Å²) >= 11 is 0. The summed E-state index contributed by atoms with van der Waals surface area (Å²) in [5.41, 5.74) is 13.0. The molecular weight excluding hydrogens is 230 g/mol. The highest BCUT2D eigenvalue weighted by molar-refractivity contribution is 5.99. The van der Waals surface area contributed by atoms with Crippen molar-refractivity contribution in [3.8, 4) is 0 Å². The van der Waals surface area contributed by atoms with E-state index in [-0.39, 0.29) is 11.9 Å². The number of anilines is 2. The highest BCUT2D eigenvalue weighted by Gasteiger charge is 2.27. The fourth-order valence-corrected chi connectivity index (χ4v) is 2.19. The van der Waals surface area contributed by atoms with Gasteiger partial charge in [-0.2, -0.15) is 0 Å². The minimum atomic E-state index is -0.0392. The number of nitrogens with zero attached hydrogens (tertiary/aromatic N) is 1. The van der Waals surface area contributed by atoms with Crippen LogP contribution in [0.15, 0.2) is 18.2 Å². The molecule has 0 saturated carbocycles. The third-order valence-corrected chi connectivity index (χ3v) is 3.27. The van der Waals surface area contributed by atoms with E-state index in [0.29, 0.717) is 36.7 Å². The lowest BCUT2D eigenvalue weighted by molar-refractivity contribution is -0.00274. The summed E-state index contributed by atoms with van der Waals surface area (Å²) in [6.07, 6.45) is 0.876. The van der Waals surface area contributed by atoms with Crippen molar-refractivity contribution < 1.29 is 9.53 Å². The van der Waals surface area contributed by atoms with Gasteiger partial charge in [-0.25, -0.2) is 0 Å². The number of amides is 1. The molecule has 1 aromatic rings. The number of hydrogen-bond acceptors (Lipinski definition) is 4. The maximum Gasteiger partial charge on any atom is 0.256 e. The van der Waals surface area contributed by atoms with Gasteiger partial charge in [-0.05, 0) is 24.6 Å². The van der Waals surface area contributed by atoms with Crippen LogP contribution in [0.25, 0.3) is 0 Å². The van der Waals surface area contributed by atoms with E-state index in [9.17, 15) is 4.79 Å². The zero-order valence-corrected chi connectivity index (χ0v) is 10.6. The van der Waals surface area contributed by atoms with Crippen LogP contribution in [-0.2, 0) is 4.74 Å². The molecule has 18 heavy (non-hydrogen) atoms. The fourth-order valence-electron chi connectivity index (χ4n) is 2.19. The van der Waals surface area contributed by atoms with Crippen molar-refractivity contribution in [2.45, 2.75) is 19.4 Å². The molecule has 1 aliphatic heterocycles. The van der Waals surface area contributed by atoms with Crippen molar-refractivity contribution in [1.82, 2.24) is 4.90 Å². The maximum absolute atomic E-state index is 12.5. The highest BCUT2D eigenvalue weighted by atomic mass is 16.5. The van der Waals surface area contributed by atoms with Crippen molar-refractivity contribution in [3.05, 3.63) is 23.8 Å². The summed E-state index contributed by atoms with van der Waals surface area (Å²) < 4.78 is 5.39. The van der Waals surface area contributed by atoms with Crippen molar-refractivity contribution in [3.63, 3.8) is 0 Å². The lowest BCUT2D eigenvalue weighted by Crippen LogP contribution is -2.48. The van der Waals surface area contributed by atoms with Gasteiger partial charge in [0.1, 0.15) is 0 Å². The van der Waals surface area contributed by atoms with Crippen LogP contribution in [0.4, 0.5) is 11.4 Å². The molecule has 0 spiro atoms. The first-order chi connectivity index (χ1) is 8.63. The third-order valence-electron chi connectivity index (χ3n) is 3.27. The first-order valence-corrected chi connectivity index (χ1v) is 6.17. The van der Waals surface area contributed by atoms with Crippen LogP contribution in [-0.4, -0.2) is 36.6 Å². The lowest BCUT2D eigenvalue weighted by Gasteiger charge is -2.35. The van der Waals surface area contributed by atoms with Crippen molar-refractivity contribution in [2.75, 3.05) is 31.2 Å². The van der Waals surface area contributed by atoms with E-state index >= 15 is 0 Å². The van der Waals surface area contributed by atoms with Crippen LogP contribution in [0.3, 0.4) is 0 Å². The minimum absolute atomic E-state index is 0.0392. The first-order valence-electron chi connectivity index (χ1n) is 6.17. The van der Waals surface area contributed by atoms with Gasteiger partial charge in [0.2, 0.25) is 0 Å². The summed E-state index contributed by atoms with van der Waals surface area (Å²) in [5, 5.41) is 0. The molecule has 1 amide bonds. The summed E-state index contributed by atoms with van der Waals surface area (Å²) in [5.74, 6) is -0.0392. The Balaban J connectivity index is 2.24. The zero-order chi connectivity index (χ0) is 13.1. The Morgan fingerprint density at radius 1 is 1.50 bits per heavy atom. The van der Waals surface area contributed by atoms with Gasteiger partial charge in [-0.15, -0.1) is 0 Å². The Morgan fingerprint density at radius 3 is 2.94 bits per heavy atom. The van der Waals surface area contributed by atoms with E-state index in [1.807, 2.05) is 11.8 Å². The standard InChI is InChI=1S/C13H19N3O2/c1-2-10-8-18-6-5-16(10)13(17)11-4-3-9(14)7-12(11)15/h3-4,7,10H,2,5-6,8,14-15H2,1H3. The topological polar surface area (TPSA) is 81.6 Å². The summed E-state index contributed by atoms with van der Waals surface area (Å²) in [6.45, 7) is 3.83. The van der Waals surface area contributed by atoms with E-state index in [1.54, 1.807) is 18.2 Å². The SMILES string of the molecule is CCC1COCCN1C(=O)c1ccc(N)cc1N. The molecule has 1 fully saturated rings. The number of nitrogen functional groups attached to an aromatic ring is 2. The Kier molecular flexibility index (Phi) is 3.72. The van der Waals surface area contributed by atoms with Crippen LogP contribution >= 0.6 is 0 Å². The van der Waals surface area contributed by atoms with Gasteiger partial charge in [-0.3, -0.25) is 4.79 Å². The van der Waals surface area contributed by atoms with Crippen LogP contribution in [0, 0.1) is 0 Å². The van der Waals surface area contributed by atoms with Crippen LogP contribution in [0.5, 0.6) is 0 Å². The fraction of sp³-hybridized carbons (Fsp3) is 0.462. The average Bonchev–Trinajstić information content (AvgIpc) is 2.38. The van der Waals surface area contributed by atoms with Crippen LogP contribution in [0.1, 0.15) is 23.7 Å². The second kappa shape index (κ2) is 5.27. The van der Waals surface area contributed by atoms with Crippen LogP contribution < -0.4 is 11.5 Å². The van der Waals surface area contributed by atoms with Crippen molar-refractivity contribution in [2.24, 2.45) is 0 Å². The minimum Gasteiger partial charge on any atom is -0.399 e. The number of hydrogen-bond donors (Lipinski definition) is 2. The van der Waals surface area contributed by atoms with Gasteiger partial charge < -0.3 is 21.1 Å². The number of ether oxygens (including phenoxy) is 1. The van der Waals surface area contributed by atoms with Crippen molar-refractivity contribution in [1.29, 1.82) is 0 Å². The molecule has 5 nitrogen and oxygen atoms in total. The molecule has 5 heteroatoms. The van der Waals surface area contributed by atoms with E-state index in [0.717, 1.165) is 6.42 Å². The van der Waals surface area contributed by atoms with E-state index in [2.05, 4.69) is 0 Å². The van der Waals surface area contributed by atoms with Gasteiger partial charge in [-0.1, -0.05) is 6.92 Å². The molecule has 0 bridgehead atoms. The summed E-state index contributed by atoms with van der Waals surface area (Å²) in [4.78, 5) is 14.3. The number of benzene rings is 1. The van der Waals surface area contributed by atoms with Gasteiger partial charge in [0.05, 0.1) is 24.8 Å². The second-order valence-corrected chi connectivity index (χ2v) is 4.48.